The van der Waals surface area contributed by atoms with Gasteiger partial charge in [-0.25, -0.2) is 9.67 Å². The summed E-state index contributed by atoms with van der Waals surface area (Å²) < 4.78 is 13.1. The molecule has 0 aliphatic carbocycles. The van der Waals surface area contributed by atoms with Gasteiger partial charge in [-0.1, -0.05) is 91.0 Å². The highest BCUT2D eigenvalue weighted by Crippen LogP contribution is 2.38. The second kappa shape index (κ2) is 11.9. The third-order valence-corrected chi connectivity index (χ3v) is 10.1. The maximum absolute atomic E-state index is 6.55. The Bertz CT molecular complexity index is 2910. The van der Waals surface area contributed by atoms with E-state index in [1.54, 1.807) is 0 Å². The first-order valence-corrected chi connectivity index (χ1v) is 17.5. The molecule has 52 heavy (non-hydrogen) atoms. The molecule has 4 heterocycles. The van der Waals surface area contributed by atoms with Gasteiger partial charge in [0.1, 0.15) is 17.3 Å². The number of benzene rings is 6. The summed E-state index contributed by atoms with van der Waals surface area (Å²) in [5.41, 5.74) is 11.2. The molecule has 0 aliphatic rings. The summed E-state index contributed by atoms with van der Waals surface area (Å²) >= 11 is 0. The van der Waals surface area contributed by atoms with Gasteiger partial charge in [-0.15, -0.1) is 0 Å². The van der Waals surface area contributed by atoms with Gasteiger partial charge in [-0.2, -0.15) is 5.10 Å². The Labute approximate surface area is 300 Å². The number of para-hydroxylation sites is 3. The number of fused-ring (bicyclic) bond motifs is 6. The summed E-state index contributed by atoms with van der Waals surface area (Å²) in [6, 6.07) is 50.6. The molecule has 0 aliphatic heterocycles. The van der Waals surface area contributed by atoms with E-state index in [-0.39, 0.29) is 0 Å². The molecule has 10 aromatic rings. The Balaban J connectivity index is 1.08. The second-order valence-electron chi connectivity index (χ2n) is 13.3. The number of aryl methyl sites for hydroxylation is 2. The molecule has 0 spiro atoms. The number of rotatable bonds is 6. The molecule has 0 fully saturated rings. The van der Waals surface area contributed by atoms with Crippen LogP contribution in [0.3, 0.4) is 0 Å². The van der Waals surface area contributed by atoms with Crippen LogP contribution in [0.5, 0.6) is 11.5 Å². The third kappa shape index (κ3) is 4.80. The van der Waals surface area contributed by atoms with E-state index >= 15 is 0 Å². The molecule has 0 atom stereocenters. The lowest BCUT2D eigenvalue weighted by Gasteiger charge is -2.14. The van der Waals surface area contributed by atoms with Crippen molar-refractivity contribution in [2.75, 3.05) is 0 Å². The Morgan fingerprint density at radius 1 is 0.500 bits per heavy atom. The van der Waals surface area contributed by atoms with E-state index in [1.165, 1.54) is 32.9 Å². The third-order valence-electron chi connectivity index (χ3n) is 10.1. The van der Waals surface area contributed by atoms with Crippen LogP contribution in [-0.4, -0.2) is 23.9 Å². The molecule has 10 rings (SSSR count). The van der Waals surface area contributed by atoms with Gasteiger partial charge < -0.3 is 9.30 Å². The highest BCUT2D eigenvalue weighted by molar-refractivity contribution is 6.12. The minimum atomic E-state index is 0.730. The van der Waals surface area contributed by atoms with Crippen molar-refractivity contribution in [1.29, 1.82) is 0 Å². The maximum atomic E-state index is 6.55. The van der Waals surface area contributed by atoms with E-state index in [1.807, 2.05) is 71.8 Å². The molecule has 0 saturated carbocycles. The van der Waals surface area contributed by atoms with Crippen molar-refractivity contribution in [3.63, 3.8) is 0 Å². The van der Waals surface area contributed by atoms with Crippen LogP contribution in [0.1, 0.15) is 11.1 Å². The molecule has 0 saturated heterocycles. The first-order chi connectivity index (χ1) is 25.6. The van der Waals surface area contributed by atoms with Crippen molar-refractivity contribution in [1.82, 2.24) is 23.9 Å². The average Bonchev–Trinajstić information content (AvgIpc) is 3.90. The lowest BCUT2D eigenvalue weighted by atomic mass is 10.1. The first kappa shape index (κ1) is 29.9. The summed E-state index contributed by atoms with van der Waals surface area (Å²) in [4.78, 5) is 4.98. The van der Waals surface area contributed by atoms with Crippen molar-refractivity contribution >= 4 is 43.6 Å². The second-order valence-corrected chi connectivity index (χ2v) is 13.3. The van der Waals surface area contributed by atoms with E-state index in [4.69, 9.17) is 9.72 Å². The minimum Gasteiger partial charge on any atom is -0.457 e. The zero-order valence-electron chi connectivity index (χ0n) is 28.7. The molecule has 0 amide bonds. The Hall–Kier alpha value is -6.92. The summed E-state index contributed by atoms with van der Waals surface area (Å²) in [5, 5.41) is 9.44. The van der Waals surface area contributed by atoms with Gasteiger partial charge in [0.05, 0.1) is 39.6 Å². The van der Waals surface area contributed by atoms with Crippen LogP contribution in [0, 0.1) is 13.8 Å². The van der Waals surface area contributed by atoms with E-state index in [0.717, 1.165) is 61.6 Å². The van der Waals surface area contributed by atoms with Crippen molar-refractivity contribution in [3.05, 3.63) is 175 Å². The smallest absolute Gasteiger partial charge is 0.139 e. The van der Waals surface area contributed by atoms with Crippen molar-refractivity contribution in [2.24, 2.45) is 0 Å². The number of hydrogen-bond donors (Lipinski definition) is 0. The molecule has 6 nitrogen and oxygen atoms in total. The largest absolute Gasteiger partial charge is 0.457 e. The molecule has 0 radical (unpaired) electrons. The van der Waals surface area contributed by atoms with Gasteiger partial charge >= 0.3 is 0 Å². The molecule has 4 aromatic heterocycles. The van der Waals surface area contributed by atoms with Crippen LogP contribution in [0.15, 0.2) is 164 Å². The molecule has 6 heteroatoms. The molecule has 0 unspecified atom stereocenters. The summed E-state index contributed by atoms with van der Waals surface area (Å²) in [6.07, 6.45) is 5.86. The number of ether oxygens (including phenoxy) is 1. The Kier molecular flexibility index (Phi) is 6.83. The lowest BCUT2D eigenvalue weighted by Crippen LogP contribution is -2.02. The highest BCUT2D eigenvalue weighted by Gasteiger charge is 2.18. The molecule has 0 N–H and O–H groups in total. The normalized spacial score (nSPS) is 11.7. The quantitative estimate of drug-likeness (QED) is 0.177. The fraction of sp³-hybridized carbons (Fsp3) is 0.0435. The van der Waals surface area contributed by atoms with Crippen LogP contribution >= 0.6 is 0 Å². The minimum absolute atomic E-state index is 0.730. The fourth-order valence-electron chi connectivity index (χ4n) is 7.72. The van der Waals surface area contributed by atoms with Gasteiger partial charge in [0.25, 0.3) is 0 Å². The molecule has 248 valence electrons. The SMILES string of the molecule is Cc1cccc2c3cccc(C)c3n(-c3ccnc(-n4c5ccccc5c5ccc(Oc6cccc(-n7cc(-c8ccccc8)cn7)c6)cc54)c3)c12. The van der Waals surface area contributed by atoms with Crippen LogP contribution in [-0.2, 0) is 0 Å². The molecule has 0 bridgehead atoms. The van der Waals surface area contributed by atoms with Crippen molar-refractivity contribution in [2.45, 2.75) is 13.8 Å². The summed E-state index contributed by atoms with van der Waals surface area (Å²) in [5.74, 6) is 2.31. The number of aromatic nitrogens is 5. The zero-order valence-corrected chi connectivity index (χ0v) is 28.7. The van der Waals surface area contributed by atoms with Gasteiger partial charge in [0.15, 0.2) is 0 Å². The van der Waals surface area contributed by atoms with Crippen molar-refractivity contribution < 1.29 is 4.74 Å². The Morgan fingerprint density at radius 3 is 2.00 bits per heavy atom. The van der Waals surface area contributed by atoms with E-state index in [2.05, 4.69) is 125 Å². The number of pyridine rings is 1. The predicted octanol–water partition coefficient (Wildman–Crippen LogP) is 11.5. The van der Waals surface area contributed by atoms with E-state index in [0.29, 0.717) is 0 Å². The number of hydrogen-bond acceptors (Lipinski definition) is 3. The molecule has 6 aromatic carbocycles. The van der Waals surface area contributed by atoms with Gasteiger partial charge in [0, 0.05) is 57.7 Å². The summed E-state index contributed by atoms with van der Waals surface area (Å²) in [6.45, 7) is 4.38. The monoisotopic (exact) mass is 671 g/mol. The standard InChI is InChI=1S/C46H33N5O/c1-30-11-8-18-40-41-19-9-12-31(2)46(41)50(45(30)40)35-23-24-47-44(26-35)51-42-20-7-6-17-38(42)39-22-21-37(27-43(39)51)52-36-16-10-15-34(25-36)49-29-33(28-48-49)32-13-4-3-5-14-32/h3-29H,1-2H3. The van der Waals surface area contributed by atoms with Crippen LogP contribution in [0.25, 0.3) is 71.9 Å². The highest BCUT2D eigenvalue weighted by atomic mass is 16.5. The van der Waals surface area contributed by atoms with Crippen LogP contribution in [0.2, 0.25) is 0 Å². The van der Waals surface area contributed by atoms with E-state index in [9.17, 15) is 0 Å². The maximum Gasteiger partial charge on any atom is 0.139 e. The van der Waals surface area contributed by atoms with Gasteiger partial charge in [-0.3, -0.25) is 4.57 Å². The first-order valence-electron chi connectivity index (χ1n) is 17.5. The average molecular weight is 672 g/mol. The topological polar surface area (TPSA) is 49.8 Å². The van der Waals surface area contributed by atoms with Crippen LogP contribution in [0.4, 0.5) is 0 Å². The fourth-order valence-corrected chi connectivity index (χ4v) is 7.72. The Morgan fingerprint density at radius 2 is 1.19 bits per heavy atom. The molecular formula is C46H33N5O. The zero-order chi connectivity index (χ0) is 34.8. The summed E-state index contributed by atoms with van der Waals surface area (Å²) in [7, 11) is 0. The van der Waals surface area contributed by atoms with Gasteiger partial charge in [0.2, 0.25) is 0 Å². The van der Waals surface area contributed by atoms with Gasteiger partial charge in [-0.05, 0) is 66.9 Å². The van der Waals surface area contributed by atoms with Crippen LogP contribution < -0.4 is 4.74 Å². The lowest BCUT2D eigenvalue weighted by molar-refractivity contribution is 0.483. The molecular weight excluding hydrogens is 639 g/mol. The van der Waals surface area contributed by atoms with E-state index < -0.39 is 0 Å². The number of nitrogens with zero attached hydrogens (tertiary/aromatic N) is 5. The van der Waals surface area contributed by atoms with Crippen molar-refractivity contribution in [3.8, 4) is 39.8 Å². The predicted molar refractivity (Wildman–Crippen MR) is 211 cm³/mol.